The number of nitrogens with zero attached hydrogens (tertiary/aromatic N) is 1. The predicted octanol–water partition coefficient (Wildman–Crippen LogP) is 1.52. The minimum absolute atomic E-state index is 0.0278. The third-order valence-electron chi connectivity index (χ3n) is 3.10. The van der Waals surface area contributed by atoms with E-state index in [1.54, 1.807) is 24.3 Å². The van der Waals surface area contributed by atoms with Crippen LogP contribution in [-0.2, 0) is 4.74 Å². The fraction of sp³-hybridized carbons (Fsp3) is 0.462. The van der Waals surface area contributed by atoms with Gasteiger partial charge in [0.1, 0.15) is 6.10 Å². The maximum atomic E-state index is 11.8. The number of ether oxygens (including phenoxy) is 1. The first-order valence-electron chi connectivity index (χ1n) is 5.98. The van der Waals surface area contributed by atoms with Gasteiger partial charge in [-0.3, -0.25) is 4.90 Å². The molecule has 1 aliphatic heterocycles. The number of carbonyl (C=O) groups excluding carboxylic acids is 1. The quantitative estimate of drug-likeness (QED) is 0.636. The summed E-state index contributed by atoms with van der Waals surface area (Å²) in [5, 5.41) is 0. The van der Waals surface area contributed by atoms with E-state index < -0.39 is 0 Å². The van der Waals surface area contributed by atoms with Crippen LogP contribution in [0.2, 0.25) is 0 Å². The second kappa shape index (κ2) is 5.19. The van der Waals surface area contributed by atoms with E-state index in [0.29, 0.717) is 11.3 Å². The Bertz CT molecular complexity index is 389. The van der Waals surface area contributed by atoms with Crippen LogP contribution in [-0.4, -0.2) is 36.6 Å². The molecule has 0 amide bonds. The van der Waals surface area contributed by atoms with E-state index in [-0.39, 0.29) is 12.1 Å². The molecular formula is C13H18N2O2. The normalized spacial score (nSPS) is 20.4. The highest BCUT2D eigenvalue weighted by Gasteiger charge is 2.24. The van der Waals surface area contributed by atoms with Gasteiger partial charge in [0.25, 0.3) is 0 Å². The summed E-state index contributed by atoms with van der Waals surface area (Å²) in [5.41, 5.74) is 6.78. The van der Waals surface area contributed by atoms with Crippen molar-refractivity contribution in [3.8, 4) is 0 Å². The molecule has 1 aliphatic rings. The molecule has 0 spiro atoms. The van der Waals surface area contributed by atoms with Crippen LogP contribution in [0.3, 0.4) is 0 Å². The molecule has 4 heteroatoms. The molecule has 2 N–H and O–H groups in total. The van der Waals surface area contributed by atoms with Crippen LogP contribution in [0.5, 0.6) is 0 Å². The Morgan fingerprint density at radius 2 is 2.18 bits per heavy atom. The van der Waals surface area contributed by atoms with E-state index in [4.69, 9.17) is 10.5 Å². The van der Waals surface area contributed by atoms with Crippen molar-refractivity contribution in [2.24, 2.45) is 0 Å². The van der Waals surface area contributed by atoms with Crippen LogP contribution in [0.1, 0.15) is 23.7 Å². The predicted molar refractivity (Wildman–Crippen MR) is 66.8 cm³/mol. The number of nitrogens with two attached hydrogens (primary N) is 1. The van der Waals surface area contributed by atoms with E-state index in [1.165, 1.54) is 0 Å². The number of nitrogen functional groups attached to an aromatic ring is 1. The number of benzene rings is 1. The fourth-order valence-electron chi connectivity index (χ4n) is 2.02. The Hall–Kier alpha value is -1.55. The van der Waals surface area contributed by atoms with E-state index in [9.17, 15) is 4.79 Å². The summed E-state index contributed by atoms with van der Waals surface area (Å²) < 4.78 is 5.45. The third-order valence-corrected chi connectivity index (χ3v) is 3.10. The molecule has 1 atom stereocenters. The number of rotatable bonds is 3. The van der Waals surface area contributed by atoms with Gasteiger partial charge in [0.15, 0.2) is 0 Å². The summed E-state index contributed by atoms with van der Waals surface area (Å²) in [6.45, 7) is 4.98. The molecule has 1 saturated heterocycles. The van der Waals surface area contributed by atoms with Gasteiger partial charge < -0.3 is 10.5 Å². The first kappa shape index (κ1) is 11.9. The summed E-state index contributed by atoms with van der Waals surface area (Å²) in [5.74, 6) is -0.257. The lowest BCUT2D eigenvalue weighted by atomic mass is 10.2. The highest BCUT2D eigenvalue weighted by atomic mass is 16.5. The van der Waals surface area contributed by atoms with E-state index in [2.05, 4.69) is 11.8 Å². The second-order valence-electron chi connectivity index (χ2n) is 4.33. The monoisotopic (exact) mass is 234 g/mol. The minimum atomic E-state index is -0.257. The summed E-state index contributed by atoms with van der Waals surface area (Å²) in [7, 11) is 0. The molecule has 0 bridgehead atoms. The summed E-state index contributed by atoms with van der Waals surface area (Å²) in [6, 6.07) is 6.82. The van der Waals surface area contributed by atoms with Gasteiger partial charge in [0.05, 0.1) is 5.56 Å². The fourth-order valence-corrected chi connectivity index (χ4v) is 2.02. The van der Waals surface area contributed by atoms with Crippen LogP contribution in [0, 0.1) is 0 Å². The van der Waals surface area contributed by atoms with Crippen molar-refractivity contribution >= 4 is 11.7 Å². The molecule has 0 aromatic heterocycles. The standard InChI is InChI=1S/C13H18N2O2/c1-2-15-8-7-12(9-15)17-13(16)10-3-5-11(14)6-4-10/h3-6,12H,2,7-9,14H2,1H3/t12-/m0/s1. The van der Waals surface area contributed by atoms with Crippen molar-refractivity contribution in [1.29, 1.82) is 0 Å². The number of likely N-dealkylation sites (N-methyl/N-ethyl adjacent to an activating group) is 1. The lowest BCUT2D eigenvalue weighted by Gasteiger charge is -2.14. The van der Waals surface area contributed by atoms with Crippen LogP contribution in [0.25, 0.3) is 0 Å². The van der Waals surface area contributed by atoms with E-state index in [1.807, 2.05) is 0 Å². The van der Waals surface area contributed by atoms with Crippen LogP contribution < -0.4 is 5.73 Å². The van der Waals surface area contributed by atoms with Crippen LogP contribution >= 0.6 is 0 Å². The van der Waals surface area contributed by atoms with Gasteiger partial charge in [0.2, 0.25) is 0 Å². The number of hydrogen-bond acceptors (Lipinski definition) is 4. The van der Waals surface area contributed by atoms with E-state index >= 15 is 0 Å². The maximum Gasteiger partial charge on any atom is 0.338 e. The molecule has 1 aromatic rings. The molecule has 92 valence electrons. The molecule has 0 unspecified atom stereocenters. The molecule has 0 saturated carbocycles. The summed E-state index contributed by atoms with van der Waals surface area (Å²) >= 11 is 0. The zero-order valence-corrected chi connectivity index (χ0v) is 10.1. The second-order valence-corrected chi connectivity index (χ2v) is 4.33. The Morgan fingerprint density at radius 3 is 2.76 bits per heavy atom. The molecule has 0 radical (unpaired) electrons. The first-order chi connectivity index (χ1) is 8.19. The van der Waals surface area contributed by atoms with Crippen molar-refractivity contribution in [1.82, 2.24) is 4.90 Å². The topological polar surface area (TPSA) is 55.6 Å². The number of anilines is 1. The Kier molecular flexibility index (Phi) is 3.64. The average Bonchev–Trinajstić information content (AvgIpc) is 2.77. The third kappa shape index (κ3) is 2.97. The summed E-state index contributed by atoms with van der Waals surface area (Å²) in [4.78, 5) is 14.1. The van der Waals surface area contributed by atoms with Crippen molar-refractivity contribution in [3.63, 3.8) is 0 Å². The highest BCUT2D eigenvalue weighted by Crippen LogP contribution is 2.15. The Labute approximate surface area is 101 Å². The number of esters is 1. The largest absolute Gasteiger partial charge is 0.457 e. The Morgan fingerprint density at radius 1 is 1.47 bits per heavy atom. The van der Waals surface area contributed by atoms with Gasteiger partial charge in [-0.2, -0.15) is 0 Å². The molecule has 1 fully saturated rings. The summed E-state index contributed by atoms with van der Waals surface area (Å²) in [6.07, 6.45) is 0.953. The molecule has 17 heavy (non-hydrogen) atoms. The molecular weight excluding hydrogens is 216 g/mol. The highest BCUT2D eigenvalue weighted by molar-refractivity contribution is 5.89. The zero-order valence-electron chi connectivity index (χ0n) is 10.1. The van der Waals surface area contributed by atoms with Crippen molar-refractivity contribution in [2.75, 3.05) is 25.4 Å². The number of carbonyl (C=O) groups is 1. The van der Waals surface area contributed by atoms with Crippen molar-refractivity contribution in [3.05, 3.63) is 29.8 Å². The average molecular weight is 234 g/mol. The van der Waals surface area contributed by atoms with E-state index in [0.717, 1.165) is 26.1 Å². The molecule has 2 rings (SSSR count). The van der Waals surface area contributed by atoms with Gasteiger partial charge >= 0.3 is 5.97 Å². The van der Waals surface area contributed by atoms with Crippen LogP contribution in [0.15, 0.2) is 24.3 Å². The lowest BCUT2D eigenvalue weighted by Crippen LogP contribution is -2.24. The first-order valence-corrected chi connectivity index (χ1v) is 5.98. The number of likely N-dealkylation sites (tertiary alicyclic amines) is 1. The Balaban J connectivity index is 1.91. The van der Waals surface area contributed by atoms with Gasteiger partial charge in [-0.15, -0.1) is 0 Å². The van der Waals surface area contributed by atoms with Gasteiger partial charge in [0, 0.05) is 18.8 Å². The van der Waals surface area contributed by atoms with Gasteiger partial charge in [-0.1, -0.05) is 6.92 Å². The van der Waals surface area contributed by atoms with Gasteiger partial charge in [-0.25, -0.2) is 4.79 Å². The lowest BCUT2D eigenvalue weighted by molar-refractivity contribution is 0.0323. The minimum Gasteiger partial charge on any atom is -0.457 e. The SMILES string of the molecule is CCN1CC[C@H](OC(=O)c2ccc(N)cc2)C1. The molecule has 0 aliphatic carbocycles. The smallest absolute Gasteiger partial charge is 0.338 e. The molecule has 1 heterocycles. The van der Waals surface area contributed by atoms with Crippen molar-refractivity contribution in [2.45, 2.75) is 19.4 Å². The van der Waals surface area contributed by atoms with Crippen LogP contribution in [0.4, 0.5) is 5.69 Å². The van der Waals surface area contributed by atoms with Gasteiger partial charge in [-0.05, 0) is 37.2 Å². The zero-order chi connectivity index (χ0) is 12.3. The molecule has 4 nitrogen and oxygen atoms in total. The maximum absolute atomic E-state index is 11.8. The number of hydrogen-bond donors (Lipinski definition) is 1. The van der Waals surface area contributed by atoms with Crippen molar-refractivity contribution < 1.29 is 9.53 Å². The molecule has 1 aromatic carbocycles.